The number of ketones is 1. The van der Waals surface area contributed by atoms with Gasteiger partial charge in [-0.1, -0.05) is 49.4 Å². The molecule has 0 aliphatic heterocycles. The predicted octanol–water partition coefficient (Wildman–Crippen LogP) is 3.17. The number of rotatable bonds is 6. The number of para-hydroxylation sites is 1. The Labute approximate surface area is 140 Å². The molecule has 0 aliphatic rings. The number of nitrogens with one attached hydrogen (secondary N) is 1. The van der Waals surface area contributed by atoms with Crippen LogP contribution in [0.2, 0.25) is 0 Å². The smallest absolute Gasteiger partial charge is 0.339 e. The third kappa shape index (κ3) is 3.87. The highest BCUT2D eigenvalue weighted by Gasteiger charge is 2.28. The summed E-state index contributed by atoms with van der Waals surface area (Å²) < 4.78 is 4.72. The molecule has 5 heteroatoms. The third-order valence-corrected chi connectivity index (χ3v) is 3.66. The fraction of sp³-hybridized carbons (Fsp3) is 0.211. The maximum absolute atomic E-state index is 12.7. The van der Waals surface area contributed by atoms with Gasteiger partial charge in [-0.3, -0.25) is 9.59 Å². The minimum Gasteiger partial charge on any atom is -0.465 e. The molecule has 0 radical (unpaired) electrons. The molecule has 0 saturated carbocycles. The number of carbonyl (C=O) groups is 3. The topological polar surface area (TPSA) is 72.5 Å². The summed E-state index contributed by atoms with van der Waals surface area (Å²) in [6.07, 6.45) is 0.242. The lowest BCUT2D eigenvalue weighted by molar-refractivity contribution is -0.127. The Morgan fingerprint density at radius 1 is 1.00 bits per heavy atom. The average molecular weight is 325 g/mol. The van der Waals surface area contributed by atoms with E-state index in [1.807, 2.05) is 6.07 Å². The molecule has 124 valence electrons. The van der Waals surface area contributed by atoms with Gasteiger partial charge in [0.25, 0.3) is 0 Å². The van der Waals surface area contributed by atoms with Gasteiger partial charge in [-0.05, 0) is 17.7 Å². The van der Waals surface area contributed by atoms with Crippen LogP contribution in [0.25, 0.3) is 0 Å². The normalized spacial score (nSPS) is 11.4. The molecule has 2 rings (SSSR count). The molecule has 1 amide bonds. The van der Waals surface area contributed by atoms with E-state index in [4.69, 9.17) is 4.74 Å². The highest BCUT2D eigenvalue weighted by molar-refractivity contribution is 6.13. The van der Waals surface area contributed by atoms with Gasteiger partial charge in [-0.25, -0.2) is 4.79 Å². The van der Waals surface area contributed by atoms with Gasteiger partial charge >= 0.3 is 5.97 Å². The van der Waals surface area contributed by atoms with Crippen LogP contribution >= 0.6 is 0 Å². The molecule has 0 bridgehead atoms. The van der Waals surface area contributed by atoms with Crippen molar-refractivity contribution >= 4 is 23.3 Å². The number of hydrogen-bond acceptors (Lipinski definition) is 4. The van der Waals surface area contributed by atoms with E-state index in [1.54, 1.807) is 55.5 Å². The van der Waals surface area contributed by atoms with Crippen LogP contribution in [0, 0.1) is 0 Å². The Balaban J connectivity index is 2.33. The molecule has 5 nitrogen and oxygen atoms in total. The Morgan fingerprint density at radius 3 is 2.25 bits per heavy atom. The van der Waals surface area contributed by atoms with Crippen LogP contribution in [-0.2, 0) is 14.3 Å². The van der Waals surface area contributed by atoms with Crippen molar-refractivity contribution < 1.29 is 19.1 Å². The summed E-state index contributed by atoms with van der Waals surface area (Å²) in [4.78, 5) is 36.8. The van der Waals surface area contributed by atoms with Crippen molar-refractivity contribution in [2.24, 2.45) is 0 Å². The standard InChI is InChI=1S/C19H19NO4/c1-3-16(21)17(13-9-5-4-6-10-13)18(22)20-15-12-8-7-11-14(15)19(23)24-2/h4-12,17H,3H2,1-2H3,(H,20,22). The highest BCUT2D eigenvalue weighted by Crippen LogP contribution is 2.23. The van der Waals surface area contributed by atoms with Gasteiger partial charge in [0.2, 0.25) is 5.91 Å². The van der Waals surface area contributed by atoms with E-state index in [0.29, 0.717) is 11.3 Å². The van der Waals surface area contributed by atoms with Crippen molar-refractivity contribution in [1.82, 2.24) is 0 Å². The second-order valence-electron chi connectivity index (χ2n) is 5.19. The summed E-state index contributed by atoms with van der Waals surface area (Å²) >= 11 is 0. The first-order chi connectivity index (χ1) is 11.6. The molecule has 2 aromatic rings. The molecule has 0 aliphatic carbocycles. The van der Waals surface area contributed by atoms with Crippen LogP contribution in [0.15, 0.2) is 54.6 Å². The number of ether oxygens (including phenoxy) is 1. The number of methoxy groups -OCH3 is 1. The summed E-state index contributed by atoms with van der Waals surface area (Å²) in [5, 5.41) is 2.68. The molecule has 0 heterocycles. The molecule has 24 heavy (non-hydrogen) atoms. The number of anilines is 1. The van der Waals surface area contributed by atoms with Gasteiger partial charge in [-0.2, -0.15) is 0 Å². The lowest BCUT2D eigenvalue weighted by atomic mass is 9.92. The minimum atomic E-state index is -0.915. The van der Waals surface area contributed by atoms with E-state index in [-0.39, 0.29) is 17.8 Å². The lowest BCUT2D eigenvalue weighted by Crippen LogP contribution is -2.28. The molecule has 1 unspecified atom stereocenters. The SMILES string of the molecule is CCC(=O)C(C(=O)Nc1ccccc1C(=O)OC)c1ccccc1. The monoisotopic (exact) mass is 325 g/mol. The molecule has 0 aromatic heterocycles. The minimum absolute atomic E-state index is 0.186. The third-order valence-electron chi connectivity index (χ3n) is 3.66. The first-order valence-corrected chi connectivity index (χ1v) is 7.64. The molecular formula is C19H19NO4. The number of esters is 1. The first-order valence-electron chi connectivity index (χ1n) is 7.64. The first kappa shape index (κ1) is 17.4. The molecular weight excluding hydrogens is 306 g/mol. The fourth-order valence-corrected chi connectivity index (χ4v) is 2.42. The largest absolute Gasteiger partial charge is 0.465 e. The molecule has 0 spiro atoms. The van der Waals surface area contributed by atoms with Gasteiger partial charge in [0, 0.05) is 6.42 Å². The quantitative estimate of drug-likeness (QED) is 0.654. The van der Waals surface area contributed by atoms with Crippen molar-refractivity contribution in [1.29, 1.82) is 0 Å². The Kier molecular flexibility index (Phi) is 5.84. The summed E-state index contributed by atoms with van der Waals surface area (Å²) in [7, 11) is 1.27. The van der Waals surface area contributed by atoms with Crippen molar-refractivity contribution in [3.8, 4) is 0 Å². The summed E-state index contributed by atoms with van der Waals surface area (Å²) in [6.45, 7) is 1.72. The van der Waals surface area contributed by atoms with Crippen LogP contribution < -0.4 is 5.32 Å². The number of amides is 1. The lowest BCUT2D eigenvalue weighted by Gasteiger charge is -2.17. The van der Waals surface area contributed by atoms with E-state index in [2.05, 4.69) is 5.32 Å². The van der Waals surface area contributed by atoms with Crippen LogP contribution in [0.4, 0.5) is 5.69 Å². The Bertz CT molecular complexity index is 740. The number of benzene rings is 2. The zero-order valence-corrected chi connectivity index (χ0v) is 13.6. The van der Waals surface area contributed by atoms with Crippen molar-refractivity contribution in [3.63, 3.8) is 0 Å². The van der Waals surface area contributed by atoms with Gasteiger partial charge < -0.3 is 10.1 Å². The maximum Gasteiger partial charge on any atom is 0.339 e. The summed E-state index contributed by atoms with van der Waals surface area (Å²) in [5.41, 5.74) is 1.18. The van der Waals surface area contributed by atoms with E-state index < -0.39 is 17.8 Å². The maximum atomic E-state index is 12.7. The second-order valence-corrected chi connectivity index (χ2v) is 5.19. The number of Topliss-reactive ketones (excluding diaryl/α,β-unsaturated/α-hetero) is 1. The van der Waals surface area contributed by atoms with Crippen LogP contribution in [0.5, 0.6) is 0 Å². The van der Waals surface area contributed by atoms with Gasteiger partial charge in [0.05, 0.1) is 18.4 Å². The highest BCUT2D eigenvalue weighted by atomic mass is 16.5. The van der Waals surface area contributed by atoms with E-state index in [9.17, 15) is 14.4 Å². The summed E-state index contributed by atoms with van der Waals surface area (Å²) in [6, 6.07) is 15.4. The van der Waals surface area contributed by atoms with Crippen LogP contribution in [0.3, 0.4) is 0 Å². The Morgan fingerprint density at radius 2 is 1.62 bits per heavy atom. The van der Waals surface area contributed by atoms with Crippen LogP contribution in [0.1, 0.15) is 35.2 Å². The zero-order valence-electron chi connectivity index (χ0n) is 13.6. The summed E-state index contributed by atoms with van der Waals surface area (Å²) in [5.74, 6) is -2.12. The second kappa shape index (κ2) is 8.06. The fourth-order valence-electron chi connectivity index (χ4n) is 2.42. The number of carbonyl (C=O) groups excluding carboxylic acids is 3. The van der Waals surface area contributed by atoms with Crippen molar-refractivity contribution in [3.05, 3.63) is 65.7 Å². The molecule has 1 atom stereocenters. The van der Waals surface area contributed by atoms with Crippen molar-refractivity contribution in [2.75, 3.05) is 12.4 Å². The molecule has 0 fully saturated rings. The molecule has 1 N–H and O–H groups in total. The van der Waals surface area contributed by atoms with E-state index >= 15 is 0 Å². The van der Waals surface area contributed by atoms with Gasteiger partial charge in [0.15, 0.2) is 0 Å². The van der Waals surface area contributed by atoms with Gasteiger partial charge in [0.1, 0.15) is 11.7 Å². The number of hydrogen-bond donors (Lipinski definition) is 1. The van der Waals surface area contributed by atoms with Gasteiger partial charge in [-0.15, -0.1) is 0 Å². The zero-order chi connectivity index (χ0) is 17.5. The van der Waals surface area contributed by atoms with Crippen LogP contribution in [-0.4, -0.2) is 24.8 Å². The predicted molar refractivity (Wildman–Crippen MR) is 90.9 cm³/mol. The van der Waals surface area contributed by atoms with E-state index in [1.165, 1.54) is 7.11 Å². The van der Waals surface area contributed by atoms with E-state index in [0.717, 1.165) is 0 Å². The Hall–Kier alpha value is -2.95. The molecule has 2 aromatic carbocycles. The van der Waals surface area contributed by atoms with Crippen molar-refractivity contribution in [2.45, 2.75) is 19.3 Å². The molecule has 0 saturated heterocycles. The average Bonchev–Trinajstić information content (AvgIpc) is 2.62.